The second-order valence-corrected chi connectivity index (χ2v) is 8.94. The maximum absolute atomic E-state index is 12.7. The van der Waals surface area contributed by atoms with Gasteiger partial charge in [0.2, 0.25) is 10.0 Å². The Hall–Kier alpha value is -2.58. The molecule has 1 N–H and O–H groups in total. The van der Waals surface area contributed by atoms with E-state index in [-0.39, 0.29) is 23.5 Å². The molecule has 1 heterocycles. The Kier molecular flexibility index (Phi) is 6.76. The second kappa shape index (κ2) is 9.28. The van der Waals surface area contributed by atoms with Crippen molar-refractivity contribution in [3.8, 4) is 11.5 Å². The molecule has 1 unspecified atom stereocenters. The molecule has 1 fully saturated rings. The zero-order chi connectivity index (χ0) is 20.9. The third-order valence-electron chi connectivity index (χ3n) is 4.74. The van der Waals surface area contributed by atoms with Gasteiger partial charge < -0.3 is 14.8 Å². The maximum Gasteiger partial charge on any atom is 0.251 e. The number of rotatable bonds is 8. The number of carbonyl (C=O) groups is 1. The van der Waals surface area contributed by atoms with Crippen LogP contribution in [0.15, 0.2) is 53.4 Å². The first-order chi connectivity index (χ1) is 13.9. The Labute approximate surface area is 171 Å². The minimum atomic E-state index is -3.56. The number of nitrogens with zero attached hydrogens (tertiary/aromatic N) is 1. The van der Waals surface area contributed by atoms with Gasteiger partial charge in [-0.25, -0.2) is 8.42 Å². The molecule has 1 aliphatic heterocycles. The van der Waals surface area contributed by atoms with E-state index < -0.39 is 10.0 Å². The molecule has 8 heteroatoms. The average Bonchev–Trinajstić information content (AvgIpc) is 3.28. The smallest absolute Gasteiger partial charge is 0.251 e. The summed E-state index contributed by atoms with van der Waals surface area (Å²) in [6.45, 7) is 3.16. The molecule has 29 heavy (non-hydrogen) atoms. The predicted octanol–water partition coefficient (Wildman–Crippen LogP) is 2.68. The molecule has 1 aliphatic rings. The summed E-state index contributed by atoms with van der Waals surface area (Å²) in [7, 11) is -1.96. The third-order valence-corrected chi connectivity index (χ3v) is 6.63. The summed E-state index contributed by atoms with van der Waals surface area (Å²) in [5.41, 5.74) is 0.307. The highest BCUT2D eigenvalue weighted by molar-refractivity contribution is 7.89. The van der Waals surface area contributed by atoms with Crippen molar-refractivity contribution in [1.82, 2.24) is 9.62 Å². The topological polar surface area (TPSA) is 84.9 Å². The summed E-state index contributed by atoms with van der Waals surface area (Å²) >= 11 is 0. The second-order valence-electron chi connectivity index (χ2n) is 7.00. The molecular formula is C21H26N2O5S. The van der Waals surface area contributed by atoms with Crippen LogP contribution >= 0.6 is 0 Å². The van der Waals surface area contributed by atoms with Gasteiger partial charge in [0.05, 0.1) is 18.0 Å². The molecule has 2 aromatic rings. The van der Waals surface area contributed by atoms with Gasteiger partial charge in [0.25, 0.3) is 5.91 Å². The van der Waals surface area contributed by atoms with Gasteiger partial charge >= 0.3 is 0 Å². The first-order valence-electron chi connectivity index (χ1n) is 9.58. The Bertz CT molecular complexity index is 938. The molecule has 7 nitrogen and oxygen atoms in total. The molecule has 3 rings (SSSR count). The van der Waals surface area contributed by atoms with Crippen LogP contribution in [-0.2, 0) is 10.0 Å². The van der Waals surface area contributed by atoms with Crippen LogP contribution in [0.5, 0.6) is 11.5 Å². The van der Waals surface area contributed by atoms with Crippen LogP contribution in [-0.4, -0.2) is 51.5 Å². The van der Waals surface area contributed by atoms with Crippen molar-refractivity contribution in [3.63, 3.8) is 0 Å². The first kappa shape index (κ1) is 21.1. The fourth-order valence-electron chi connectivity index (χ4n) is 3.12. The Morgan fingerprint density at radius 3 is 2.41 bits per heavy atom. The highest BCUT2D eigenvalue weighted by atomic mass is 32.2. The van der Waals surface area contributed by atoms with Gasteiger partial charge in [0.1, 0.15) is 18.1 Å². The summed E-state index contributed by atoms with van der Waals surface area (Å²) in [6.07, 6.45) is 1.73. The molecule has 1 atom stereocenters. The molecule has 0 saturated carbocycles. The van der Waals surface area contributed by atoms with E-state index in [0.29, 0.717) is 24.4 Å². The summed E-state index contributed by atoms with van der Waals surface area (Å²) in [5, 5.41) is 2.84. The molecule has 0 aromatic heterocycles. The van der Waals surface area contributed by atoms with E-state index in [4.69, 9.17) is 9.47 Å². The number of hydrogen-bond acceptors (Lipinski definition) is 5. The van der Waals surface area contributed by atoms with Gasteiger partial charge in [0, 0.05) is 18.7 Å². The Morgan fingerprint density at radius 1 is 1.10 bits per heavy atom. The summed E-state index contributed by atoms with van der Waals surface area (Å²) in [4.78, 5) is 12.7. The van der Waals surface area contributed by atoms with Gasteiger partial charge in [-0.2, -0.15) is 4.31 Å². The fraction of sp³-hybridized carbons (Fsp3) is 0.381. The lowest BCUT2D eigenvalue weighted by atomic mass is 10.2. The Morgan fingerprint density at radius 2 is 1.76 bits per heavy atom. The van der Waals surface area contributed by atoms with Crippen LogP contribution in [0.1, 0.15) is 30.1 Å². The normalized spacial score (nSPS) is 15.7. The molecule has 0 bridgehead atoms. The minimum Gasteiger partial charge on any atom is -0.497 e. The number of nitrogens with one attached hydrogen (secondary N) is 1. The van der Waals surface area contributed by atoms with E-state index in [0.717, 1.165) is 18.6 Å². The molecule has 0 aliphatic carbocycles. The van der Waals surface area contributed by atoms with Crippen LogP contribution in [0.4, 0.5) is 0 Å². The first-order valence-corrected chi connectivity index (χ1v) is 11.0. The van der Waals surface area contributed by atoms with Crippen LogP contribution in [0.2, 0.25) is 0 Å². The van der Waals surface area contributed by atoms with E-state index in [1.54, 1.807) is 43.5 Å². The number of amides is 1. The van der Waals surface area contributed by atoms with Crippen molar-refractivity contribution >= 4 is 15.9 Å². The van der Waals surface area contributed by atoms with Crippen LogP contribution in [0, 0.1) is 0 Å². The van der Waals surface area contributed by atoms with Crippen molar-refractivity contribution in [2.75, 3.05) is 26.8 Å². The van der Waals surface area contributed by atoms with Gasteiger partial charge in [0.15, 0.2) is 0 Å². The lowest BCUT2D eigenvalue weighted by Crippen LogP contribution is -2.37. The number of ether oxygens (including phenoxy) is 2. The van der Waals surface area contributed by atoms with Gasteiger partial charge in [-0.15, -0.1) is 0 Å². The fourth-order valence-corrected chi connectivity index (χ4v) is 4.68. The highest BCUT2D eigenvalue weighted by Crippen LogP contribution is 2.21. The number of hydrogen-bond donors (Lipinski definition) is 1. The number of methoxy groups -OCH3 is 1. The molecule has 1 amide bonds. The lowest BCUT2D eigenvalue weighted by Gasteiger charge is -2.17. The largest absolute Gasteiger partial charge is 0.497 e. The Balaban J connectivity index is 1.59. The number of sulfonamides is 1. The van der Waals surface area contributed by atoms with E-state index >= 15 is 0 Å². The molecular weight excluding hydrogens is 392 g/mol. The van der Waals surface area contributed by atoms with Crippen molar-refractivity contribution in [2.45, 2.75) is 30.7 Å². The SMILES string of the molecule is COc1ccc(OCC(C)NC(=O)c2cccc(S(=O)(=O)N3CCCC3)c2)cc1. The lowest BCUT2D eigenvalue weighted by molar-refractivity contribution is 0.0926. The van der Waals surface area contributed by atoms with Crippen molar-refractivity contribution < 1.29 is 22.7 Å². The van der Waals surface area contributed by atoms with Crippen LogP contribution in [0.25, 0.3) is 0 Å². The monoisotopic (exact) mass is 418 g/mol. The molecule has 0 spiro atoms. The zero-order valence-electron chi connectivity index (χ0n) is 16.6. The highest BCUT2D eigenvalue weighted by Gasteiger charge is 2.27. The van der Waals surface area contributed by atoms with Crippen LogP contribution in [0.3, 0.4) is 0 Å². The standard InChI is InChI=1S/C21H26N2O5S/c1-16(15-28-19-10-8-18(27-2)9-11-19)22-21(24)17-6-5-7-20(14-17)29(25,26)23-12-3-4-13-23/h5-11,14,16H,3-4,12-13,15H2,1-2H3,(H,22,24). The quantitative estimate of drug-likeness (QED) is 0.712. The molecule has 2 aromatic carbocycles. The van der Waals surface area contributed by atoms with E-state index in [9.17, 15) is 13.2 Å². The van der Waals surface area contributed by atoms with Gasteiger partial charge in [-0.05, 0) is 62.2 Å². The van der Waals surface area contributed by atoms with Crippen LogP contribution < -0.4 is 14.8 Å². The molecule has 1 saturated heterocycles. The summed E-state index contributed by atoms with van der Waals surface area (Å²) in [5.74, 6) is 1.07. The molecule has 0 radical (unpaired) electrons. The third kappa shape index (κ3) is 5.27. The van der Waals surface area contributed by atoms with E-state index in [2.05, 4.69) is 5.32 Å². The minimum absolute atomic E-state index is 0.147. The van der Waals surface area contributed by atoms with E-state index in [1.807, 2.05) is 6.92 Å². The molecule has 156 valence electrons. The van der Waals surface area contributed by atoms with E-state index in [1.165, 1.54) is 16.4 Å². The number of benzene rings is 2. The summed E-state index contributed by atoms with van der Waals surface area (Å²) in [6, 6.07) is 13.1. The number of carbonyl (C=O) groups excluding carboxylic acids is 1. The van der Waals surface area contributed by atoms with Gasteiger partial charge in [-0.1, -0.05) is 6.07 Å². The predicted molar refractivity (Wildman–Crippen MR) is 110 cm³/mol. The average molecular weight is 419 g/mol. The maximum atomic E-state index is 12.7. The van der Waals surface area contributed by atoms with Gasteiger partial charge in [-0.3, -0.25) is 4.79 Å². The zero-order valence-corrected chi connectivity index (χ0v) is 17.4. The van der Waals surface area contributed by atoms with Crippen molar-refractivity contribution in [1.29, 1.82) is 0 Å². The summed E-state index contributed by atoms with van der Waals surface area (Å²) < 4.78 is 37.7. The van der Waals surface area contributed by atoms with Crippen molar-refractivity contribution in [2.24, 2.45) is 0 Å². The van der Waals surface area contributed by atoms with Crippen molar-refractivity contribution in [3.05, 3.63) is 54.1 Å².